The molecule has 0 saturated carbocycles. The number of rotatable bonds is 4. The van der Waals surface area contributed by atoms with Gasteiger partial charge in [-0.1, -0.05) is 158 Å². The molecule has 2 heterocycles. The topological polar surface area (TPSA) is 46.0 Å². The molecule has 4 heteroatoms. The Balaban J connectivity index is 1.22. The molecule has 10 rings (SSSR count). The zero-order valence-electron chi connectivity index (χ0n) is 27.1. The third-order valence-electron chi connectivity index (χ3n) is 10.2. The summed E-state index contributed by atoms with van der Waals surface area (Å²) < 4.78 is 6.55. The molecule has 0 amide bonds. The van der Waals surface area contributed by atoms with Gasteiger partial charge in [-0.15, -0.1) is 0 Å². The van der Waals surface area contributed by atoms with Gasteiger partial charge in [0.05, 0.1) is 5.41 Å². The molecule has 0 fully saturated rings. The van der Waals surface area contributed by atoms with Gasteiger partial charge in [0, 0.05) is 22.3 Å². The second-order valence-corrected chi connectivity index (χ2v) is 12.9. The molecule has 0 bridgehead atoms. The van der Waals surface area contributed by atoms with E-state index in [-0.39, 0.29) is 6.17 Å². The molecule has 1 aliphatic carbocycles. The van der Waals surface area contributed by atoms with E-state index in [4.69, 9.17) is 14.7 Å². The second-order valence-electron chi connectivity index (χ2n) is 12.9. The van der Waals surface area contributed by atoms with Crippen LogP contribution in [-0.4, -0.2) is 11.7 Å². The van der Waals surface area contributed by atoms with Crippen LogP contribution < -0.4 is 10.1 Å². The van der Waals surface area contributed by atoms with Crippen LogP contribution in [0.4, 0.5) is 0 Å². The Morgan fingerprint density at radius 1 is 0.480 bits per heavy atom. The lowest BCUT2D eigenvalue weighted by Crippen LogP contribution is -2.34. The van der Waals surface area contributed by atoms with Crippen LogP contribution in [-0.2, 0) is 5.41 Å². The van der Waals surface area contributed by atoms with Gasteiger partial charge in [-0.3, -0.25) is 0 Å². The third-order valence-corrected chi connectivity index (χ3v) is 10.2. The number of ether oxygens (including phenoxy) is 1. The first-order valence-corrected chi connectivity index (χ1v) is 17.0. The lowest BCUT2D eigenvalue weighted by atomic mass is 9.66. The van der Waals surface area contributed by atoms with Crippen molar-refractivity contribution in [3.8, 4) is 33.8 Å². The number of nitrogens with one attached hydrogen (secondary N) is 1. The average molecular weight is 642 g/mol. The fourth-order valence-corrected chi connectivity index (χ4v) is 8.09. The Labute approximate surface area is 291 Å². The number of fused-ring (bicyclic) bond motifs is 9. The van der Waals surface area contributed by atoms with Crippen molar-refractivity contribution in [3.05, 3.63) is 215 Å². The Morgan fingerprint density at radius 3 is 1.80 bits per heavy atom. The van der Waals surface area contributed by atoms with Crippen molar-refractivity contribution in [1.82, 2.24) is 5.32 Å². The zero-order valence-corrected chi connectivity index (χ0v) is 27.1. The van der Waals surface area contributed by atoms with E-state index in [0.29, 0.717) is 5.84 Å². The van der Waals surface area contributed by atoms with Crippen LogP contribution in [0.1, 0.15) is 45.1 Å². The lowest BCUT2D eigenvalue weighted by molar-refractivity contribution is 0.436. The van der Waals surface area contributed by atoms with Crippen molar-refractivity contribution in [3.63, 3.8) is 0 Å². The van der Waals surface area contributed by atoms with Crippen LogP contribution in [0, 0.1) is 0 Å². The molecule has 4 nitrogen and oxygen atoms in total. The standard InChI is InChI=1S/C46H31N3O/c1-3-15-30(16-4-1)32-19-13-20-33(29-32)44-47-43(31-17-5-2-6-18-31)48-45(49-44)35-22-14-26-39-42(35)34-21-7-8-23-36(34)46(39)37-24-9-11-27-40(37)50-41-28-12-10-25-38(41)46/h1-29,43H,(H,47,48,49). The molecule has 0 aromatic heterocycles. The molecule has 7 aromatic rings. The van der Waals surface area contributed by atoms with Crippen molar-refractivity contribution in [1.29, 1.82) is 0 Å². The second kappa shape index (κ2) is 11.3. The summed E-state index contributed by atoms with van der Waals surface area (Å²) in [6.07, 6.45) is -0.315. The summed E-state index contributed by atoms with van der Waals surface area (Å²) in [4.78, 5) is 10.7. The van der Waals surface area contributed by atoms with Gasteiger partial charge in [-0.05, 0) is 57.1 Å². The van der Waals surface area contributed by atoms with Crippen LogP contribution in [0.2, 0.25) is 0 Å². The molecule has 1 N–H and O–H groups in total. The Morgan fingerprint density at radius 2 is 1.04 bits per heavy atom. The quantitative estimate of drug-likeness (QED) is 0.208. The van der Waals surface area contributed by atoms with Crippen LogP contribution >= 0.6 is 0 Å². The molecule has 0 saturated heterocycles. The summed E-state index contributed by atoms with van der Waals surface area (Å²) in [6, 6.07) is 61.8. The minimum absolute atomic E-state index is 0.315. The van der Waals surface area contributed by atoms with Crippen LogP contribution in [0.5, 0.6) is 11.5 Å². The number of hydrogen-bond acceptors (Lipinski definition) is 4. The van der Waals surface area contributed by atoms with E-state index in [9.17, 15) is 0 Å². The summed E-state index contributed by atoms with van der Waals surface area (Å²) >= 11 is 0. The van der Waals surface area contributed by atoms with E-state index in [2.05, 4.69) is 169 Å². The maximum absolute atomic E-state index is 6.55. The highest BCUT2D eigenvalue weighted by atomic mass is 16.5. The summed E-state index contributed by atoms with van der Waals surface area (Å²) in [5, 5.41) is 3.68. The predicted octanol–water partition coefficient (Wildman–Crippen LogP) is 10.3. The Kier molecular flexibility index (Phi) is 6.43. The molecule has 2 aliphatic heterocycles. The van der Waals surface area contributed by atoms with Crippen molar-refractivity contribution >= 4 is 11.7 Å². The van der Waals surface area contributed by atoms with Crippen LogP contribution in [0.15, 0.2) is 186 Å². The molecule has 50 heavy (non-hydrogen) atoms. The van der Waals surface area contributed by atoms with Crippen molar-refractivity contribution < 1.29 is 4.74 Å². The summed E-state index contributed by atoms with van der Waals surface area (Å²) in [7, 11) is 0. The average Bonchev–Trinajstić information content (AvgIpc) is 3.49. The number of aliphatic imine (C=N–C) groups is 2. The van der Waals surface area contributed by atoms with Crippen molar-refractivity contribution in [2.24, 2.45) is 9.98 Å². The first-order chi connectivity index (χ1) is 24.8. The molecule has 0 radical (unpaired) electrons. The van der Waals surface area contributed by atoms with Gasteiger partial charge in [-0.25, -0.2) is 9.98 Å². The largest absolute Gasteiger partial charge is 0.457 e. The molecule has 1 unspecified atom stereocenters. The maximum atomic E-state index is 6.55. The normalized spacial score (nSPS) is 16.1. The van der Waals surface area contributed by atoms with Gasteiger partial charge in [0.1, 0.15) is 23.5 Å². The van der Waals surface area contributed by atoms with E-state index in [1.54, 1.807) is 0 Å². The van der Waals surface area contributed by atoms with Gasteiger partial charge in [-0.2, -0.15) is 0 Å². The van der Waals surface area contributed by atoms with E-state index in [1.807, 2.05) is 12.1 Å². The smallest absolute Gasteiger partial charge is 0.160 e. The van der Waals surface area contributed by atoms with E-state index in [1.165, 1.54) is 22.3 Å². The minimum Gasteiger partial charge on any atom is -0.457 e. The molecule has 3 aliphatic rings. The monoisotopic (exact) mass is 641 g/mol. The number of nitrogens with zero attached hydrogens (tertiary/aromatic N) is 2. The maximum Gasteiger partial charge on any atom is 0.160 e. The van der Waals surface area contributed by atoms with Gasteiger partial charge in [0.2, 0.25) is 0 Å². The van der Waals surface area contributed by atoms with Crippen LogP contribution in [0.3, 0.4) is 0 Å². The van der Waals surface area contributed by atoms with E-state index < -0.39 is 5.41 Å². The highest BCUT2D eigenvalue weighted by Gasteiger charge is 2.51. The first kappa shape index (κ1) is 28.5. The summed E-state index contributed by atoms with van der Waals surface area (Å²) in [6.45, 7) is 0. The van der Waals surface area contributed by atoms with Gasteiger partial charge in [0.25, 0.3) is 0 Å². The minimum atomic E-state index is -0.559. The van der Waals surface area contributed by atoms with Crippen molar-refractivity contribution in [2.75, 3.05) is 0 Å². The summed E-state index contributed by atoms with van der Waals surface area (Å²) in [5.41, 5.74) is 11.9. The molecular weight excluding hydrogens is 611 g/mol. The fraction of sp³-hybridized carbons (Fsp3) is 0.0435. The highest BCUT2D eigenvalue weighted by molar-refractivity contribution is 6.16. The SMILES string of the molecule is c1ccc(-c2cccc(C3=NC(c4cccc5c4-c4ccccc4C54c5ccccc5Oc5ccccc54)=NC(c4ccccc4)N3)c2)cc1. The third kappa shape index (κ3) is 4.25. The van der Waals surface area contributed by atoms with E-state index >= 15 is 0 Å². The molecule has 236 valence electrons. The van der Waals surface area contributed by atoms with E-state index in [0.717, 1.165) is 56.3 Å². The number of benzene rings is 7. The van der Waals surface area contributed by atoms with Crippen molar-refractivity contribution in [2.45, 2.75) is 11.6 Å². The molecule has 7 aromatic carbocycles. The van der Waals surface area contributed by atoms with Gasteiger partial charge in [0.15, 0.2) is 5.84 Å². The Hall–Kier alpha value is -6.52. The van der Waals surface area contributed by atoms with Crippen LogP contribution in [0.25, 0.3) is 22.3 Å². The number of amidine groups is 2. The van der Waals surface area contributed by atoms with Gasteiger partial charge < -0.3 is 10.1 Å². The Bertz CT molecular complexity index is 2450. The lowest BCUT2D eigenvalue weighted by Gasteiger charge is -2.39. The number of para-hydroxylation sites is 2. The number of hydrogen-bond donors (Lipinski definition) is 1. The zero-order chi connectivity index (χ0) is 33.1. The predicted molar refractivity (Wildman–Crippen MR) is 201 cm³/mol. The molecule has 1 atom stereocenters. The van der Waals surface area contributed by atoms with Gasteiger partial charge >= 0.3 is 0 Å². The summed E-state index contributed by atoms with van der Waals surface area (Å²) in [5.74, 6) is 3.25. The highest BCUT2D eigenvalue weighted by Crippen LogP contribution is 2.62. The fourth-order valence-electron chi connectivity index (χ4n) is 8.09. The first-order valence-electron chi connectivity index (χ1n) is 17.0. The molecular formula is C46H31N3O. The molecule has 1 spiro atoms.